The second-order valence-corrected chi connectivity index (χ2v) is 3.42. The Labute approximate surface area is 92.2 Å². The molecule has 78 valence electrons. The molecule has 2 rings (SSSR count). The molecule has 0 aliphatic rings. The molecule has 0 unspecified atom stereocenters. The highest BCUT2D eigenvalue weighted by Crippen LogP contribution is 2.32. The summed E-state index contributed by atoms with van der Waals surface area (Å²) in [7, 11) is 0. The predicted octanol–water partition coefficient (Wildman–Crippen LogP) is 2.63. The Morgan fingerprint density at radius 2 is 1.80 bits per heavy atom. The van der Waals surface area contributed by atoms with Gasteiger partial charge in [0, 0.05) is 11.6 Å². The van der Waals surface area contributed by atoms with Gasteiger partial charge < -0.3 is 10.2 Å². The van der Waals surface area contributed by atoms with Gasteiger partial charge in [-0.2, -0.15) is 0 Å². The number of aromatic nitrogens is 1. The van der Waals surface area contributed by atoms with E-state index in [0.29, 0.717) is 11.3 Å². The monoisotopic (exact) mass is 223 g/mol. The van der Waals surface area contributed by atoms with E-state index >= 15 is 0 Å². The van der Waals surface area contributed by atoms with Gasteiger partial charge in [0.05, 0.1) is 11.6 Å². The molecule has 3 nitrogen and oxygen atoms in total. The Bertz CT molecular complexity index is 465. The van der Waals surface area contributed by atoms with E-state index in [4.69, 9.17) is 11.6 Å². The second kappa shape index (κ2) is 3.87. The number of halogens is 1. The molecule has 0 aliphatic heterocycles. The number of hydrogen-bond acceptors (Lipinski definition) is 2. The molecule has 2 N–H and O–H groups in total. The summed E-state index contributed by atoms with van der Waals surface area (Å²) in [5.74, 6) is 0.127. The minimum Gasteiger partial charge on any atom is -0.494 e. The van der Waals surface area contributed by atoms with E-state index < -0.39 is 0 Å². The Morgan fingerprint density at radius 3 is 2.33 bits per heavy atom. The van der Waals surface area contributed by atoms with Gasteiger partial charge in [0.2, 0.25) is 5.88 Å². The molecular formula is C11H10ClNO2. The van der Waals surface area contributed by atoms with Gasteiger partial charge in [0.1, 0.15) is 0 Å². The van der Waals surface area contributed by atoms with Gasteiger partial charge in [-0.3, -0.25) is 4.57 Å². The van der Waals surface area contributed by atoms with Crippen LogP contribution in [0.3, 0.4) is 0 Å². The quantitative estimate of drug-likeness (QED) is 0.769. The maximum atomic E-state index is 9.78. The lowest BCUT2D eigenvalue weighted by Crippen LogP contribution is -1.91. The fraction of sp³-hybridized carbons (Fsp3) is 0.0909. The van der Waals surface area contributed by atoms with Crippen LogP contribution in [0, 0.1) is 0 Å². The third kappa shape index (κ3) is 1.66. The number of hydrogen-bond donors (Lipinski definition) is 2. The van der Waals surface area contributed by atoms with Crippen molar-refractivity contribution in [3.05, 3.63) is 42.0 Å². The van der Waals surface area contributed by atoms with Gasteiger partial charge in [-0.15, -0.1) is 11.6 Å². The maximum absolute atomic E-state index is 9.78. The summed E-state index contributed by atoms with van der Waals surface area (Å²) in [4.78, 5) is 0. The molecule has 1 aromatic heterocycles. The van der Waals surface area contributed by atoms with Crippen LogP contribution in [0.25, 0.3) is 5.69 Å². The van der Waals surface area contributed by atoms with Crippen LogP contribution >= 0.6 is 11.6 Å². The van der Waals surface area contributed by atoms with Gasteiger partial charge in [-0.05, 0) is 12.1 Å². The van der Waals surface area contributed by atoms with E-state index in [0.717, 1.165) is 0 Å². The van der Waals surface area contributed by atoms with Crippen molar-refractivity contribution in [1.82, 2.24) is 4.57 Å². The van der Waals surface area contributed by atoms with Crippen molar-refractivity contribution >= 4 is 11.6 Å². The Kier molecular flexibility index (Phi) is 2.56. The summed E-state index contributed by atoms with van der Waals surface area (Å²) in [5, 5.41) is 19.4. The van der Waals surface area contributed by atoms with E-state index in [1.54, 1.807) is 12.1 Å². The number of rotatable bonds is 2. The molecule has 4 heteroatoms. The van der Waals surface area contributed by atoms with Crippen LogP contribution in [0.15, 0.2) is 36.4 Å². The summed E-state index contributed by atoms with van der Waals surface area (Å²) < 4.78 is 1.34. The van der Waals surface area contributed by atoms with Crippen molar-refractivity contribution in [2.24, 2.45) is 0 Å². The van der Waals surface area contributed by atoms with Crippen LogP contribution in [0.2, 0.25) is 0 Å². The smallest absolute Gasteiger partial charge is 0.203 e. The average Bonchev–Trinajstić information content (AvgIpc) is 2.55. The lowest BCUT2D eigenvalue weighted by Gasteiger charge is -2.06. The van der Waals surface area contributed by atoms with Crippen LogP contribution in [-0.2, 0) is 5.88 Å². The fourth-order valence-corrected chi connectivity index (χ4v) is 1.66. The number of para-hydroxylation sites is 1. The molecule has 0 radical (unpaired) electrons. The molecule has 0 atom stereocenters. The van der Waals surface area contributed by atoms with E-state index in [-0.39, 0.29) is 17.6 Å². The number of aromatic hydroxyl groups is 2. The summed E-state index contributed by atoms with van der Waals surface area (Å²) in [6.45, 7) is 0. The molecule has 0 saturated heterocycles. The fourth-order valence-electron chi connectivity index (χ4n) is 1.47. The van der Waals surface area contributed by atoms with Gasteiger partial charge in [0.15, 0.2) is 5.88 Å². The van der Waals surface area contributed by atoms with Gasteiger partial charge in [-0.25, -0.2) is 0 Å². The largest absolute Gasteiger partial charge is 0.494 e. The summed E-state index contributed by atoms with van der Waals surface area (Å²) in [6.07, 6.45) is 0. The zero-order valence-corrected chi connectivity index (χ0v) is 8.65. The molecule has 1 heterocycles. The molecule has 1 aromatic carbocycles. The third-order valence-electron chi connectivity index (χ3n) is 2.19. The minimum atomic E-state index is -0.0197. The SMILES string of the molecule is Oc1cc(CCl)c(O)n1-c1ccccc1. The zero-order valence-electron chi connectivity index (χ0n) is 7.89. The molecule has 15 heavy (non-hydrogen) atoms. The van der Waals surface area contributed by atoms with Gasteiger partial charge in [-0.1, -0.05) is 18.2 Å². The first kappa shape index (κ1) is 9.93. The highest BCUT2D eigenvalue weighted by molar-refractivity contribution is 6.17. The predicted molar refractivity (Wildman–Crippen MR) is 58.7 cm³/mol. The van der Waals surface area contributed by atoms with Crippen molar-refractivity contribution in [1.29, 1.82) is 0 Å². The third-order valence-corrected chi connectivity index (χ3v) is 2.48. The summed E-state index contributed by atoms with van der Waals surface area (Å²) in [6, 6.07) is 10.6. The number of benzene rings is 1. The standard InChI is InChI=1S/C11H10ClNO2/c12-7-8-6-10(14)13(11(8)15)9-4-2-1-3-5-9/h1-6,14-15H,7H2. The average molecular weight is 224 g/mol. The Balaban J connectivity index is 2.58. The van der Waals surface area contributed by atoms with Crippen molar-refractivity contribution in [2.75, 3.05) is 0 Å². The molecule has 0 spiro atoms. The number of nitrogens with zero attached hydrogens (tertiary/aromatic N) is 1. The highest BCUT2D eigenvalue weighted by atomic mass is 35.5. The van der Waals surface area contributed by atoms with Crippen LogP contribution < -0.4 is 0 Å². The molecule has 0 fully saturated rings. The lowest BCUT2D eigenvalue weighted by atomic mass is 10.3. The van der Waals surface area contributed by atoms with Crippen LogP contribution in [0.5, 0.6) is 11.8 Å². The maximum Gasteiger partial charge on any atom is 0.203 e. The van der Waals surface area contributed by atoms with Crippen LogP contribution in [0.1, 0.15) is 5.56 Å². The lowest BCUT2D eigenvalue weighted by molar-refractivity contribution is 0.401. The zero-order chi connectivity index (χ0) is 10.8. The van der Waals surface area contributed by atoms with Crippen molar-refractivity contribution < 1.29 is 10.2 Å². The first-order valence-corrected chi connectivity index (χ1v) is 5.01. The molecule has 0 aliphatic carbocycles. The first-order chi connectivity index (χ1) is 7.24. The molecule has 0 amide bonds. The van der Waals surface area contributed by atoms with E-state index in [9.17, 15) is 10.2 Å². The summed E-state index contributed by atoms with van der Waals surface area (Å²) >= 11 is 5.62. The normalized spacial score (nSPS) is 10.5. The molecular weight excluding hydrogens is 214 g/mol. The molecule has 0 bridgehead atoms. The van der Waals surface area contributed by atoms with Crippen molar-refractivity contribution in [3.63, 3.8) is 0 Å². The van der Waals surface area contributed by atoms with E-state index in [1.807, 2.05) is 18.2 Å². The van der Waals surface area contributed by atoms with E-state index in [2.05, 4.69) is 0 Å². The number of alkyl halides is 1. The van der Waals surface area contributed by atoms with Crippen LogP contribution in [-0.4, -0.2) is 14.8 Å². The van der Waals surface area contributed by atoms with Crippen molar-refractivity contribution in [3.8, 4) is 17.4 Å². The van der Waals surface area contributed by atoms with E-state index in [1.165, 1.54) is 10.6 Å². The molecule has 2 aromatic rings. The minimum absolute atomic E-state index is 0.0191. The Hall–Kier alpha value is -1.61. The summed E-state index contributed by atoms with van der Waals surface area (Å²) in [5.41, 5.74) is 1.21. The Morgan fingerprint density at radius 1 is 1.13 bits per heavy atom. The van der Waals surface area contributed by atoms with Crippen LogP contribution in [0.4, 0.5) is 0 Å². The van der Waals surface area contributed by atoms with Gasteiger partial charge in [0.25, 0.3) is 0 Å². The highest BCUT2D eigenvalue weighted by Gasteiger charge is 2.13. The first-order valence-electron chi connectivity index (χ1n) is 4.48. The molecule has 0 saturated carbocycles. The van der Waals surface area contributed by atoms with Crippen molar-refractivity contribution in [2.45, 2.75) is 5.88 Å². The topological polar surface area (TPSA) is 45.4 Å². The van der Waals surface area contributed by atoms with Gasteiger partial charge >= 0.3 is 0 Å². The second-order valence-electron chi connectivity index (χ2n) is 3.16.